The molecule has 1 N–H and O–H groups in total. The molecule has 0 spiro atoms. The first-order valence-electron chi connectivity index (χ1n) is 7.35. The fraction of sp³-hybridized carbons (Fsp3) is 0.857. The van der Waals surface area contributed by atoms with Gasteiger partial charge in [-0.15, -0.1) is 5.10 Å². The molecule has 5 heteroatoms. The Balaban J connectivity index is 2.23. The van der Waals surface area contributed by atoms with Gasteiger partial charge in [0, 0.05) is 13.7 Å². The van der Waals surface area contributed by atoms with E-state index in [1.54, 1.807) is 18.0 Å². The fourth-order valence-electron chi connectivity index (χ4n) is 3.05. The summed E-state index contributed by atoms with van der Waals surface area (Å²) in [6, 6.07) is 0. The minimum atomic E-state index is -0.642. The number of ether oxygens (including phenoxy) is 1. The molecular weight excluding hydrogens is 242 g/mol. The Kier molecular flexibility index (Phi) is 4.93. The molecule has 5 nitrogen and oxygen atoms in total. The number of aliphatic hydroxyl groups is 1. The Morgan fingerprint density at radius 2 is 2.05 bits per heavy atom. The second-order valence-corrected chi connectivity index (χ2v) is 5.47. The van der Waals surface area contributed by atoms with Gasteiger partial charge in [0.05, 0.1) is 17.5 Å². The lowest BCUT2D eigenvalue weighted by Crippen LogP contribution is -2.39. The molecule has 1 atom stereocenters. The van der Waals surface area contributed by atoms with Crippen LogP contribution < -0.4 is 0 Å². The molecule has 1 fully saturated rings. The monoisotopic (exact) mass is 267 g/mol. The Labute approximate surface area is 115 Å². The zero-order valence-corrected chi connectivity index (χ0v) is 12.0. The second-order valence-electron chi connectivity index (χ2n) is 5.47. The van der Waals surface area contributed by atoms with Crippen molar-refractivity contribution in [3.63, 3.8) is 0 Å². The summed E-state index contributed by atoms with van der Waals surface area (Å²) < 4.78 is 7.56. The smallest absolute Gasteiger partial charge is 0.126 e. The topological polar surface area (TPSA) is 60.2 Å². The van der Waals surface area contributed by atoms with Gasteiger partial charge in [-0.25, -0.2) is 4.68 Å². The van der Waals surface area contributed by atoms with Crippen molar-refractivity contribution in [1.29, 1.82) is 0 Å². The SMILES string of the molecule is CCCn1nncc1C(O)C1(OC)CCCCCC1. The molecule has 1 aliphatic carbocycles. The van der Waals surface area contributed by atoms with E-state index in [9.17, 15) is 5.11 Å². The number of nitrogens with zero attached hydrogens (tertiary/aromatic N) is 3. The van der Waals surface area contributed by atoms with Crippen LogP contribution >= 0.6 is 0 Å². The Bertz CT molecular complexity index is 384. The van der Waals surface area contributed by atoms with Gasteiger partial charge in [-0.1, -0.05) is 37.8 Å². The molecule has 1 aromatic heterocycles. The maximum Gasteiger partial charge on any atom is 0.126 e. The molecule has 19 heavy (non-hydrogen) atoms. The first-order valence-corrected chi connectivity index (χ1v) is 7.35. The highest BCUT2D eigenvalue weighted by Crippen LogP contribution is 2.39. The van der Waals surface area contributed by atoms with Crippen LogP contribution in [0.5, 0.6) is 0 Å². The van der Waals surface area contributed by atoms with Crippen LogP contribution in [0.4, 0.5) is 0 Å². The summed E-state index contributed by atoms with van der Waals surface area (Å²) in [5.41, 5.74) is 0.314. The second kappa shape index (κ2) is 6.48. The molecule has 0 bridgehead atoms. The van der Waals surface area contributed by atoms with E-state index in [-0.39, 0.29) is 0 Å². The quantitative estimate of drug-likeness (QED) is 0.833. The van der Waals surface area contributed by atoms with Gasteiger partial charge in [0.2, 0.25) is 0 Å². The predicted octanol–water partition coefficient (Wildman–Crippen LogP) is 2.46. The van der Waals surface area contributed by atoms with E-state index in [2.05, 4.69) is 17.2 Å². The number of rotatable bonds is 5. The minimum absolute atomic E-state index is 0.469. The van der Waals surface area contributed by atoms with Gasteiger partial charge >= 0.3 is 0 Å². The summed E-state index contributed by atoms with van der Waals surface area (Å²) in [6.45, 7) is 2.88. The molecule has 1 aromatic rings. The highest BCUT2D eigenvalue weighted by molar-refractivity contribution is 5.07. The van der Waals surface area contributed by atoms with E-state index >= 15 is 0 Å². The maximum atomic E-state index is 10.8. The van der Waals surface area contributed by atoms with Gasteiger partial charge in [0.15, 0.2) is 0 Å². The van der Waals surface area contributed by atoms with Crippen molar-refractivity contribution in [3.8, 4) is 0 Å². The van der Waals surface area contributed by atoms with Gasteiger partial charge in [0.25, 0.3) is 0 Å². The first kappa shape index (κ1) is 14.5. The van der Waals surface area contributed by atoms with Gasteiger partial charge in [0.1, 0.15) is 6.10 Å². The first-order chi connectivity index (χ1) is 9.23. The van der Waals surface area contributed by atoms with Gasteiger partial charge < -0.3 is 9.84 Å². The van der Waals surface area contributed by atoms with Crippen molar-refractivity contribution in [2.24, 2.45) is 0 Å². The third-order valence-electron chi connectivity index (χ3n) is 4.22. The molecule has 0 amide bonds. The van der Waals surface area contributed by atoms with Crippen molar-refractivity contribution in [3.05, 3.63) is 11.9 Å². The minimum Gasteiger partial charge on any atom is -0.384 e. The van der Waals surface area contributed by atoms with Crippen LogP contribution in [0, 0.1) is 0 Å². The zero-order valence-electron chi connectivity index (χ0n) is 12.0. The summed E-state index contributed by atoms with van der Waals surface area (Å²) in [5.74, 6) is 0. The van der Waals surface area contributed by atoms with Crippen molar-refractivity contribution in [1.82, 2.24) is 15.0 Å². The fourth-order valence-corrected chi connectivity index (χ4v) is 3.05. The lowest BCUT2D eigenvalue weighted by atomic mass is 9.86. The zero-order chi connectivity index (χ0) is 13.7. The number of aliphatic hydroxyl groups excluding tert-OH is 1. The van der Waals surface area contributed by atoms with Crippen molar-refractivity contribution < 1.29 is 9.84 Å². The Morgan fingerprint density at radius 3 is 2.63 bits per heavy atom. The summed E-state index contributed by atoms with van der Waals surface area (Å²) in [6.07, 6.45) is 8.49. The van der Waals surface area contributed by atoms with Crippen LogP contribution in [-0.4, -0.2) is 32.8 Å². The molecule has 1 unspecified atom stereocenters. The molecule has 0 aliphatic heterocycles. The van der Waals surface area contributed by atoms with Crippen molar-refractivity contribution in [2.75, 3.05) is 7.11 Å². The van der Waals surface area contributed by atoms with Crippen molar-refractivity contribution in [2.45, 2.75) is 70.1 Å². The van der Waals surface area contributed by atoms with Crippen molar-refractivity contribution >= 4 is 0 Å². The number of aromatic nitrogens is 3. The molecule has 0 aromatic carbocycles. The molecule has 0 radical (unpaired) electrons. The van der Waals surface area contributed by atoms with E-state index in [1.165, 1.54) is 12.8 Å². The third-order valence-corrected chi connectivity index (χ3v) is 4.22. The van der Waals surface area contributed by atoms with E-state index < -0.39 is 11.7 Å². The summed E-state index contributed by atoms with van der Waals surface area (Å²) in [7, 11) is 1.71. The number of hydrogen-bond acceptors (Lipinski definition) is 4. The van der Waals surface area contributed by atoms with Crippen LogP contribution in [0.2, 0.25) is 0 Å². The van der Waals surface area contributed by atoms with Crippen LogP contribution in [0.15, 0.2) is 6.20 Å². The predicted molar refractivity (Wildman–Crippen MR) is 72.7 cm³/mol. The Morgan fingerprint density at radius 1 is 1.37 bits per heavy atom. The molecule has 1 aliphatic rings. The number of hydrogen-bond donors (Lipinski definition) is 1. The number of methoxy groups -OCH3 is 1. The normalized spacial score (nSPS) is 21.0. The van der Waals surface area contributed by atoms with Gasteiger partial charge in [-0.2, -0.15) is 0 Å². The lowest BCUT2D eigenvalue weighted by molar-refractivity contribution is -0.117. The van der Waals surface area contributed by atoms with Crippen LogP contribution in [0.1, 0.15) is 63.7 Å². The van der Waals surface area contributed by atoms with Crippen LogP contribution in [-0.2, 0) is 11.3 Å². The molecule has 2 rings (SSSR count). The summed E-state index contributed by atoms with van der Waals surface area (Å²) in [4.78, 5) is 0. The largest absolute Gasteiger partial charge is 0.384 e. The molecule has 108 valence electrons. The van der Waals surface area contributed by atoms with Gasteiger partial charge in [-0.3, -0.25) is 0 Å². The molecule has 0 saturated heterocycles. The summed E-state index contributed by atoms with van der Waals surface area (Å²) in [5, 5.41) is 18.8. The van der Waals surface area contributed by atoms with E-state index in [0.29, 0.717) is 0 Å². The summed E-state index contributed by atoms with van der Waals surface area (Å²) >= 11 is 0. The number of aryl methyl sites for hydroxylation is 1. The Hall–Kier alpha value is -0.940. The standard InChI is InChI=1S/C14H25N3O2/c1-3-10-17-12(11-15-16-17)13(18)14(19-2)8-6-4-5-7-9-14/h11,13,18H,3-10H2,1-2H3. The van der Waals surface area contributed by atoms with Crippen LogP contribution in [0.25, 0.3) is 0 Å². The van der Waals surface area contributed by atoms with E-state index in [0.717, 1.165) is 44.3 Å². The molecular formula is C14H25N3O2. The van der Waals surface area contributed by atoms with Crippen LogP contribution in [0.3, 0.4) is 0 Å². The highest BCUT2D eigenvalue weighted by atomic mass is 16.5. The average Bonchev–Trinajstić information content (AvgIpc) is 2.74. The van der Waals surface area contributed by atoms with E-state index in [1.807, 2.05) is 0 Å². The molecule has 1 saturated carbocycles. The van der Waals surface area contributed by atoms with Gasteiger partial charge in [-0.05, 0) is 19.3 Å². The maximum absolute atomic E-state index is 10.8. The third kappa shape index (κ3) is 2.98. The average molecular weight is 267 g/mol. The molecule has 1 heterocycles. The lowest BCUT2D eigenvalue weighted by Gasteiger charge is -2.36. The van der Waals surface area contributed by atoms with E-state index in [4.69, 9.17) is 4.74 Å². The highest BCUT2D eigenvalue weighted by Gasteiger charge is 2.40.